The average Bonchev–Trinajstić information content (AvgIpc) is 3.00. The number of halogens is 1. The first-order chi connectivity index (χ1) is 11.6. The van der Waals surface area contributed by atoms with E-state index in [2.05, 4.69) is 62.4 Å². The van der Waals surface area contributed by atoms with Crippen LogP contribution in [0.4, 0.5) is 0 Å². The fraction of sp³-hybridized carbons (Fsp3) is 0.421. The molecule has 0 amide bonds. The molecule has 6 heteroatoms. The number of guanidine groups is 1. The number of aryl methyl sites for hydroxylation is 1. The highest BCUT2D eigenvalue weighted by molar-refractivity contribution is 14.0. The molecule has 1 saturated heterocycles. The molecule has 0 bridgehead atoms. The van der Waals surface area contributed by atoms with E-state index in [1.807, 2.05) is 20.0 Å². The van der Waals surface area contributed by atoms with E-state index in [1.54, 1.807) is 6.20 Å². The number of hydrogen-bond acceptors (Lipinski definition) is 3. The molecule has 1 fully saturated rings. The Bertz CT molecular complexity index is 719. The molecule has 1 atom stereocenters. The normalized spacial score (nSPS) is 20.3. The lowest BCUT2D eigenvalue weighted by atomic mass is 9.82. The first kappa shape index (κ1) is 19.6. The molecular weight excluding hydrogens is 425 g/mol. The Kier molecular flexibility index (Phi) is 6.75. The minimum atomic E-state index is 0. The molecule has 1 N–H and O–H groups in total. The Morgan fingerprint density at radius 2 is 2.04 bits per heavy atom. The van der Waals surface area contributed by atoms with Crippen molar-refractivity contribution in [2.75, 3.05) is 20.1 Å². The van der Waals surface area contributed by atoms with E-state index < -0.39 is 0 Å². The van der Waals surface area contributed by atoms with E-state index in [9.17, 15) is 0 Å². The molecular formula is C19H26IN5. The predicted octanol–water partition coefficient (Wildman–Crippen LogP) is 3.14. The molecule has 1 aliphatic rings. The van der Waals surface area contributed by atoms with E-state index in [4.69, 9.17) is 0 Å². The van der Waals surface area contributed by atoms with Gasteiger partial charge >= 0.3 is 0 Å². The summed E-state index contributed by atoms with van der Waals surface area (Å²) in [6.07, 6.45) is 2.93. The van der Waals surface area contributed by atoms with Crippen molar-refractivity contribution in [2.24, 2.45) is 4.99 Å². The third-order valence-corrected chi connectivity index (χ3v) is 4.72. The van der Waals surface area contributed by atoms with Gasteiger partial charge in [0.25, 0.3) is 0 Å². The van der Waals surface area contributed by atoms with Gasteiger partial charge in [-0.3, -0.25) is 4.99 Å². The van der Waals surface area contributed by atoms with Gasteiger partial charge < -0.3 is 10.2 Å². The van der Waals surface area contributed by atoms with Crippen LogP contribution in [-0.2, 0) is 12.0 Å². The molecule has 5 nitrogen and oxygen atoms in total. The molecule has 0 radical (unpaired) electrons. The van der Waals surface area contributed by atoms with Crippen molar-refractivity contribution in [3.8, 4) is 0 Å². The van der Waals surface area contributed by atoms with Crippen LogP contribution in [0.15, 0.2) is 47.6 Å². The summed E-state index contributed by atoms with van der Waals surface area (Å²) < 4.78 is 0. The highest BCUT2D eigenvalue weighted by Gasteiger charge is 2.36. The number of hydrogen-bond donors (Lipinski definition) is 1. The van der Waals surface area contributed by atoms with Gasteiger partial charge in [0.15, 0.2) is 5.96 Å². The predicted molar refractivity (Wildman–Crippen MR) is 112 cm³/mol. The van der Waals surface area contributed by atoms with Crippen LogP contribution in [-0.4, -0.2) is 41.0 Å². The van der Waals surface area contributed by atoms with E-state index in [0.29, 0.717) is 6.54 Å². The monoisotopic (exact) mass is 451 g/mol. The van der Waals surface area contributed by atoms with Gasteiger partial charge in [-0.15, -0.1) is 24.0 Å². The summed E-state index contributed by atoms with van der Waals surface area (Å²) in [4.78, 5) is 15.4. The van der Waals surface area contributed by atoms with Crippen LogP contribution in [0.3, 0.4) is 0 Å². The van der Waals surface area contributed by atoms with Gasteiger partial charge in [0.05, 0.1) is 12.2 Å². The van der Waals surface area contributed by atoms with Crippen LogP contribution in [0.5, 0.6) is 0 Å². The van der Waals surface area contributed by atoms with Crippen LogP contribution in [0.2, 0.25) is 0 Å². The third kappa shape index (κ3) is 4.68. The Balaban J connectivity index is 0.00000225. The zero-order valence-electron chi connectivity index (χ0n) is 15.1. The highest BCUT2D eigenvalue weighted by atomic mass is 127. The summed E-state index contributed by atoms with van der Waals surface area (Å²) in [6, 6.07) is 12.7. The van der Waals surface area contributed by atoms with Gasteiger partial charge in [-0.05, 0) is 25.0 Å². The van der Waals surface area contributed by atoms with Gasteiger partial charge in [0.1, 0.15) is 5.82 Å². The lowest BCUT2D eigenvalue weighted by molar-refractivity contribution is 0.438. The minimum Gasteiger partial charge on any atom is -0.351 e. The molecule has 0 aliphatic carbocycles. The summed E-state index contributed by atoms with van der Waals surface area (Å²) in [6.45, 7) is 6.88. The second kappa shape index (κ2) is 8.60. The number of nitrogens with zero attached hydrogens (tertiary/aromatic N) is 4. The van der Waals surface area contributed by atoms with Gasteiger partial charge in [0.2, 0.25) is 0 Å². The van der Waals surface area contributed by atoms with Crippen molar-refractivity contribution < 1.29 is 0 Å². The second-order valence-corrected chi connectivity index (χ2v) is 6.59. The first-order valence-corrected chi connectivity index (χ1v) is 8.40. The number of likely N-dealkylation sites (tertiary alicyclic amines) is 1. The van der Waals surface area contributed by atoms with E-state index >= 15 is 0 Å². The number of aromatic nitrogens is 2. The number of benzene rings is 1. The van der Waals surface area contributed by atoms with Crippen molar-refractivity contribution >= 4 is 29.9 Å². The number of rotatable bonds is 3. The smallest absolute Gasteiger partial charge is 0.193 e. The quantitative estimate of drug-likeness (QED) is 0.443. The maximum Gasteiger partial charge on any atom is 0.193 e. The fourth-order valence-corrected chi connectivity index (χ4v) is 3.32. The third-order valence-electron chi connectivity index (χ3n) is 4.72. The summed E-state index contributed by atoms with van der Waals surface area (Å²) in [5.41, 5.74) is 2.55. The van der Waals surface area contributed by atoms with Gasteiger partial charge in [-0.1, -0.05) is 37.3 Å². The lowest BCUT2D eigenvalue weighted by Gasteiger charge is -2.27. The fourth-order valence-electron chi connectivity index (χ4n) is 3.32. The zero-order chi connectivity index (χ0) is 17.0. The minimum absolute atomic E-state index is 0. The van der Waals surface area contributed by atoms with Crippen molar-refractivity contribution in [3.05, 3.63) is 59.7 Å². The first-order valence-electron chi connectivity index (χ1n) is 8.40. The van der Waals surface area contributed by atoms with Crippen LogP contribution in [0.1, 0.15) is 30.4 Å². The van der Waals surface area contributed by atoms with Gasteiger partial charge in [-0.2, -0.15) is 0 Å². The van der Waals surface area contributed by atoms with Crippen LogP contribution < -0.4 is 5.32 Å². The SMILES string of the molecule is CN=C(NCc1ccnc(C)n1)N1CCC(C)(c2ccccc2)C1.I. The molecule has 3 rings (SSSR count). The largest absolute Gasteiger partial charge is 0.351 e. The van der Waals surface area contributed by atoms with Crippen molar-refractivity contribution in [1.82, 2.24) is 20.2 Å². The van der Waals surface area contributed by atoms with E-state index in [-0.39, 0.29) is 29.4 Å². The molecule has 25 heavy (non-hydrogen) atoms. The molecule has 1 aliphatic heterocycles. The van der Waals surface area contributed by atoms with Crippen molar-refractivity contribution in [1.29, 1.82) is 0 Å². The lowest BCUT2D eigenvalue weighted by Crippen LogP contribution is -2.41. The highest BCUT2D eigenvalue weighted by Crippen LogP contribution is 2.33. The van der Waals surface area contributed by atoms with E-state index in [1.165, 1.54) is 5.56 Å². The average molecular weight is 451 g/mol. The van der Waals surface area contributed by atoms with Gasteiger partial charge in [-0.25, -0.2) is 9.97 Å². The summed E-state index contributed by atoms with van der Waals surface area (Å²) >= 11 is 0. The number of nitrogens with one attached hydrogen (secondary N) is 1. The summed E-state index contributed by atoms with van der Waals surface area (Å²) in [5, 5.41) is 3.43. The van der Waals surface area contributed by atoms with Crippen LogP contribution >= 0.6 is 24.0 Å². The van der Waals surface area contributed by atoms with Crippen LogP contribution in [0, 0.1) is 6.92 Å². The maximum absolute atomic E-state index is 4.45. The maximum atomic E-state index is 4.45. The van der Waals surface area contributed by atoms with Crippen molar-refractivity contribution in [3.63, 3.8) is 0 Å². The Morgan fingerprint density at radius 1 is 1.28 bits per heavy atom. The topological polar surface area (TPSA) is 53.4 Å². The molecule has 0 saturated carbocycles. The van der Waals surface area contributed by atoms with Crippen LogP contribution in [0.25, 0.3) is 0 Å². The Hall–Kier alpha value is -1.70. The molecule has 0 spiro atoms. The summed E-state index contributed by atoms with van der Waals surface area (Å²) in [7, 11) is 1.84. The Morgan fingerprint density at radius 3 is 2.72 bits per heavy atom. The Labute approximate surface area is 167 Å². The number of aliphatic imine (C=N–C) groups is 1. The van der Waals surface area contributed by atoms with Crippen molar-refractivity contribution in [2.45, 2.75) is 32.2 Å². The molecule has 2 aromatic rings. The zero-order valence-corrected chi connectivity index (χ0v) is 17.4. The van der Waals surface area contributed by atoms with E-state index in [0.717, 1.165) is 37.0 Å². The molecule has 2 heterocycles. The summed E-state index contributed by atoms with van der Waals surface area (Å²) in [5.74, 6) is 1.73. The van der Waals surface area contributed by atoms with Gasteiger partial charge in [0, 0.05) is 31.7 Å². The molecule has 1 aromatic carbocycles. The second-order valence-electron chi connectivity index (χ2n) is 6.59. The molecule has 1 unspecified atom stereocenters. The molecule has 1 aromatic heterocycles. The molecule has 134 valence electrons. The standard InChI is InChI=1S/C19H25N5.HI/c1-15-21-11-9-17(23-15)13-22-18(20-3)24-12-10-19(2,14-24)16-7-5-4-6-8-16;/h4-9,11H,10,12-14H2,1-3H3,(H,20,22);1H.